The monoisotopic (exact) mass is 122 g/mol. The summed E-state index contributed by atoms with van der Waals surface area (Å²) in [6.07, 6.45) is 6.65. The minimum absolute atomic E-state index is 0.502. The minimum atomic E-state index is 0.502. The number of rotatable bonds is 0. The van der Waals surface area contributed by atoms with Gasteiger partial charge in [0.2, 0.25) is 0 Å². The molecule has 0 aromatic heterocycles. The van der Waals surface area contributed by atoms with Gasteiger partial charge in [-0.3, -0.25) is 0 Å². The first-order valence-electron chi connectivity index (χ1n) is 4.04. The fourth-order valence-corrected chi connectivity index (χ4v) is 1.65. The molecule has 0 N–H and O–H groups in total. The quantitative estimate of drug-likeness (QED) is 0.342. The maximum Gasteiger partial charge on any atom is 0.0699 e. The molecule has 0 amide bonds. The summed E-state index contributed by atoms with van der Waals surface area (Å²) in [4.78, 5) is 0. The lowest BCUT2D eigenvalue weighted by Crippen LogP contribution is -1.96. The molecule has 1 unspecified atom stereocenters. The third-order valence-corrected chi connectivity index (χ3v) is 2.23. The van der Waals surface area contributed by atoms with Crippen LogP contribution in [0.2, 0.25) is 5.82 Å². The Balaban J connectivity index is 2.29. The minimum Gasteiger partial charge on any atom is -0.0771 e. The molecule has 1 fully saturated rings. The molecule has 1 heteroatoms. The van der Waals surface area contributed by atoms with E-state index in [9.17, 15) is 0 Å². The molecule has 9 heavy (non-hydrogen) atoms. The van der Waals surface area contributed by atoms with E-state index in [0.717, 1.165) is 5.92 Å². The summed E-state index contributed by atoms with van der Waals surface area (Å²) in [5.74, 6) is 1.38. The average Bonchev–Trinajstić information content (AvgIpc) is 1.93. The van der Waals surface area contributed by atoms with Crippen LogP contribution in [0.1, 0.15) is 39.0 Å². The third-order valence-electron chi connectivity index (χ3n) is 2.23. The molecular weight excluding hydrogens is 107 g/mol. The van der Waals surface area contributed by atoms with Gasteiger partial charge in [0.25, 0.3) is 0 Å². The Kier molecular flexibility index (Phi) is 2.62. The van der Waals surface area contributed by atoms with Crippen LogP contribution in [0, 0.1) is 5.92 Å². The van der Waals surface area contributed by atoms with Gasteiger partial charge in [-0.2, -0.15) is 0 Å². The molecule has 0 saturated heterocycles. The highest BCUT2D eigenvalue weighted by molar-refractivity contribution is 6.11. The fraction of sp³-hybridized carbons (Fsp3) is 1.00. The van der Waals surface area contributed by atoms with Crippen molar-refractivity contribution in [2.45, 2.75) is 44.8 Å². The maximum absolute atomic E-state index is 5.83. The molecule has 0 nitrogen and oxygen atoms in total. The molecular formula is C8H15B. The first-order chi connectivity index (χ1) is 4.29. The van der Waals surface area contributed by atoms with Crippen molar-refractivity contribution in [3.63, 3.8) is 0 Å². The zero-order valence-electron chi connectivity index (χ0n) is 6.27. The van der Waals surface area contributed by atoms with Gasteiger partial charge in [-0.25, -0.2) is 0 Å². The van der Waals surface area contributed by atoms with Crippen LogP contribution < -0.4 is 0 Å². The van der Waals surface area contributed by atoms with Crippen LogP contribution in [0.15, 0.2) is 0 Å². The molecule has 0 aromatic carbocycles. The highest BCUT2D eigenvalue weighted by Crippen LogP contribution is 2.28. The molecule has 0 spiro atoms. The Bertz CT molecular complexity index is 70.6. The predicted molar refractivity (Wildman–Crippen MR) is 41.8 cm³/mol. The Morgan fingerprint density at radius 3 is 2.67 bits per heavy atom. The Labute approximate surface area is 59.4 Å². The molecule has 0 bridgehead atoms. The molecule has 50 valence electrons. The van der Waals surface area contributed by atoms with Gasteiger partial charge in [0.1, 0.15) is 0 Å². The smallest absolute Gasteiger partial charge is 0.0699 e. The molecule has 1 aliphatic rings. The van der Waals surface area contributed by atoms with Crippen molar-refractivity contribution in [2.24, 2.45) is 5.92 Å². The van der Waals surface area contributed by atoms with E-state index in [0.29, 0.717) is 5.82 Å². The SMILES string of the molecule is [B]C1CCCC[C@@H](C)C1. The van der Waals surface area contributed by atoms with Crippen molar-refractivity contribution in [1.29, 1.82) is 0 Å². The summed E-state index contributed by atoms with van der Waals surface area (Å²) in [5.41, 5.74) is 0. The van der Waals surface area contributed by atoms with Crippen LogP contribution in [0.4, 0.5) is 0 Å². The zero-order valence-corrected chi connectivity index (χ0v) is 6.27. The van der Waals surface area contributed by atoms with E-state index in [-0.39, 0.29) is 0 Å². The van der Waals surface area contributed by atoms with Crippen molar-refractivity contribution < 1.29 is 0 Å². The van der Waals surface area contributed by atoms with E-state index in [2.05, 4.69) is 6.92 Å². The van der Waals surface area contributed by atoms with E-state index in [1.54, 1.807) is 0 Å². The molecule has 0 aliphatic heterocycles. The summed E-state index contributed by atoms with van der Waals surface area (Å²) in [6, 6.07) is 0. The van der Waals surface area contributed by atoms with Crippen LogP contribution in [-0.4, -0.2) is 7.85 Å². The molecule has 1 saturated carbocycles. The van der Waals surface area contributed by atoms with Crippen LogP contribution in [-0.2, 0) is 0 Å². The zero-order chi connectivity index (χ0) is 6.69. The van der Waals surface area contributed by atoms with Crippen molar-refractivity contribution in [2.75, 3.05) is 0 Å². The Morgan fingerprint density at radius 2 is 1.89 bits per heavy atom. The lowest BCUT2D eigenvalue weighted by molar-refractivity contribution is 0.505. The van der Waals surface area contributed by atoms with E-state index in [1.165, 1.54) is 32.1 Å². The summed E-state index contributed by atoms with van der Waals surface area (Å²) in [6.45, 7) is 2.31. The highest BCUT2D eigenvalue weighted by atomic mass is 14.1. The molecule has 1 aliphatic carbocycles. The normalized spacial score (nSPS) is 37.9. The predicted octanol–water partition coefficient (Wildman–Crippen LogP) is 2.54. The first kappa shape index (κ1) is 7.18. The fourth-order valence-electron chi connectivity index (χ4n) is 1.65. The first-order valence-corrected chi connectivity index (χ1v) is 4.04. The molecule has 0 aromatic rings. The number of hydrogen-bond donors (Lipinski definition) is 0. The Morgan fingerprint density at radius 1 is 1.22 bits per heavy atom. The van der Waals surface area contributed by atoms with E-state index in [4.69, 9.17) is 7.85 Å². The summed E-state index contributed by atoms with van der Waals surface area (Å²) >= 11 is 0. The molecule has 1 rings (SSSR count). The van der Waals surface area contributed by atoms with Crippen LogP contribution >= 0.6 is 0 Å². The van der Waals surface area contributed by atoms with Gasteiger partial charge in [0.05, 0.1) is 7.85 Å². The topological polar surface area (TPSA) is 0 Å². The average molecular weight is 122 g/mol. The van der Waals surface area contributed by atoms with Gasteiger partial charge in [-0.05, 0) is 5.92 Å². The highest BCUT2D eigenvalue weighted by Gasteiger charge is 2.11. The summed E-state index contributed by atoms with van der Waals surface area (Å²) < 4.78 is 0. The second-order valence-corrected chi connectivity index (χ2v) is 3.39. The van der Waals surface area contributed by atoms with Gasteiger partial charge < -0.3 is 0 Å². The van der Waals surface area contributed by atoms with E-state index >= 15 is 0 Å². The van der Waals surface area contributed by atoms with Gasteiger partial charge in [0, 0.05) is 0 Å². The third kappa shape index (κ3) is 2.42. The van der Waals surface area contributed by atoms with Gasteiger partial charge in [0.15, 0.2) is 0 Å². The van der Waals surface area contributed by atoms with Crippen molar-refractivity contribution in [3.8, 4) is 0 Å². The van der Waals surface area contributed by atoms with Gasteiger partial charge in [-0.1, -0.05) is 44.8 Å². The van der Waals surface area contributed by atoms with Gasteiger partial charge in [-0.15, -0.1) is 0 Å². The molecule has 2 atom stereocenters. The summed E-state index contributed by atoms with van der Waals surface area (Å²) in [5, 5.41) is 0. The molecule has 0 heterocycles. The number of hydrogen-bond acceptors (Lipinski definition) is 0. The van der Waals surface area contributed by atoms with Crippen molar-refractivity contribution >= 4 is 7.85 Å². The van der Waals surface area contributed by atoms with E-state index in [1.807, 2.05) is 0 Å². The van der Waals surface area contributed by atoms with E-state index < -0.39 is 0 Å². The second kappa shape index (κ2) is 3.29. The molecule has 2 radical (unpaired) electrons. The Hall–Kier alpha value is 0.0649. The lowest BCUT2D eigenvalue weighted by atomic mass is 9.79. The van der Waals surface area contributed by atoms with Crippen molar-refractivity contribution in [1.82, 2.24) is 0 Å². The van der Waals surface area contributed by atoms with Crippen LogP contribution in [0.5, 0.6) is 0 Å². The van der Waals surface area contributed by atoms with Gasteiger partial charge >= 0.3 is 0 Å². The summed E-state index contributed by atoms with van der Waals surface area (Å²) in [7, 11) is 5.83. The largest absolute Gasteiger partial charge is 0.0771 e. The maximum atomic E-state index is 5.83. The standard InChI is InChI=1S/C8H15B/c1-7-4-2-3-5-8(9)6-7/h7-8H,2-6H2,1H3/t7-,8?/m1/s1. The second-order valence-electron chi connectivity index (χ2n) is 3.39. The lowest BCUT2D eigenvalue weighted by Gasteiger charge is -2.10. The van der Waals surface area contributed by atoms with Crippen LogP contribution in [0.3, 0.4) is 0 Å². The van der Waals surface area contributed by atoms with Crippen molar-refractivity contribution in [3.05, 3.63) is 0 Å². The van der Waals surface area contributed by atoms with Crippen LogP contribution in [0.25, 0.3) is 0 Å².